The Morgan fingerprint density at radius 2 is 1.81 bits per heavy atom. The molecule has 1 aromatic carbocycles. The Bertz CT molecular complexity index is 626. The largest absolute Gasteiger partial charge is 0.354 e. The fourth-order valence-electron chi connectivity index (χ4n) is 4.03. The second-order valence-corrected chi connectivity index (χ2v) is 7.24. The molecule has 1 N–H and O–H groups in total. The summed E-state index contributed by atoms with van der Waals surface area (Å²) in [6, 6.07) is 6.09. The van der Waals surface area contributed by atoms with Gasteiger partial charge in [0.15, 0.2) is 0 Å². The minimum absolute atomic E-state index is 0.0243. The van der Waals surface area contributed by atoms with Crippen LogP contribution in [0.2, 0.25) is 0 Å². The Balaban J connectivity index is 1.45. The van der Waals surface area contributed by atoms with Crippen LogP contribution in [0.4, 0.5) is 4.39 Å². The van der Waals surface area contributed by atoms with E-state index in [-0.39, 0.29) is 23.5 Å². The van der Waals surface area contributed by atoms with Crippen LogP contribution in [0.15, 0.2) is 24.3 Å². The summed E-state index contributed by atoms with van der Waals surface area (Å²) >= 11 is 0. The lowest BCUT2D eigenvalue weighted by atomic mass is 9.95. The highest BCUT2D eigenvalue weighted by atomic mass is 19.1. The molecule has 1 atom stereocenters. The molecular formula is C20H28FN3O2. The number of piperidine rings is 1. The van der Waals surface area contributed by atoms with Crippen LogP contribution < -0.4 is 5.32 Å². The van der Waals surface area contributed by atoms with Gasteiger partial charge >= 0.3 is 0 Å². The highest BCUT2D eigenvalue weighted by molar-refractivity contribution is 5.94. The van der Waals surface area contributed by atoms with Crippen molar-refractivity contribution in [2.45, 2.75) is 38.6 Å². The van der Waals surface area contributed by atoms with E-state index in [1.54, 1.807) is 4.90 Å². The van der Waals surface area contributed by atoms with E-state index in [4.69, 9.17) is 0 Å². The van der Waals surface area contributed by atoms with Crippen LogP contribution >= 0.6 is 0 Å². The fraction of sp³-hybridized carbons (Fsp3) is 0.600. The first-order valence-corrected chi connectivity index (χ1v) is 9.65. The molecule has 0 spiro atoms. The number of rotatable bonds is 5. The van der Waals surface area contributed by atoms with E-state index in [1.807, 2.05) is 0 Å². The van der Waals surface area contributed by atoms with E-state index in [0.717, 1.165) is 26.1 Å². The molecular weight excluding hydrogens is 333 g/mol. The molecule has 2 fully saturated rings. The van der Waals surface area contributed by atoms with E-state index in [2.05, 4.69) is 17.1 Å². The van der Waals surface area contributed by atoms with Crippen LogP contribution in [0.3, 0.4) is 0 Å². The number of hydrogen-bond acceptors (Lipinski definition) is 3. The number of likely N-dealkylation sites (tertiary alicyclic amines) is 2. The number of carbonyl (C=O) groups excluding carboxylic acids is 2. The van der Waals surface area contributed by atoms with Gasteiger partial charge in [0.25, 0.3) is 5.91 Å². The Labute approximate surface area is 154 Å². The van der Waals surface area contributed by atoms with Crippen LogP contribution in [-0.4, -0.2) is 60.4 Å². The van der Waals surface area contributed by atoms with Crippen molar-refractivity contribution < 1.29 is 14.0 Å². The number of nitrogens with zero attached hydrogens (tertiary/aromatic N) is 2. The summed E-state index contributed by atoms with van der Waals surface area (Å²) < 4.78 is 13.0. The van der Waals surface area contributed by atoms with E-state index < -0.39 is 0 Å². The van der Waals surface area contributed by atoms with Gasteiger partial charge in [-0.1, -0.05) is 6.92 Å². The van der Waals surface area contributed by atoms with Crippen molar-refractivity contribution in [3.05, 3.63) is 35.6 Å². The Morgan fingerprint density at radius 1 is 1.12 bits per heavy atom. The fourth-order valence-corrected chi connectivity index (χ4v) is 4.03. The third kappa shape index (κ3) is 4.41. The van der Waals surface area contributed by atoms with Gasteiger partial charge in [0.1, 0.15) is 5.82 Å². The van der Waals surface area contributed by atoms with Crippen LogP contribution in [0.25, 0.3) is 0 Å². The van der Waals surface area contributed by atoms with Gasteiger partial charge < -0.3 is 10.2 Å². The molecule has 6 heteroatoms. The quantitative estimate of drug-likeness (QED) is 0.875. The van der Waals surface area contributed by atoms with Crippen molar-refractivity contribution in [3.63, 3.8) is 0 Å². The predicted octanol–water partition coefficient (Wildman–Crippen LogP) is 2.28. The summed E-state index contributed by atoms with van der Waals surface area (Å²) in [4.78, 5) is 29.1. The Kier molecular flexibility index (Phi) is 6.25. The third-order valence-electron chi connectivity index (χ3n) is 5.66. The molecule has 2 heterocycles. The molecule has 2 aliphatic heterocycles. The molecule has 26 heavy (non-hydrogen) atoms. The zero-order valence-corrected chi connectivity index (χ0v) is 15.4. The maximum atomic E-state index is 13.0. The minimum Gasteiger partial charge on any atom is -0.354 e. The molecule has 3 rings (SSSR count). The highest BCUT2D eigenvalue weighted by Gasteiger charge is 2.29. The Morgan fingerprint density at radius 3 is 2.46 bits per heavy atom. The number of carbonyl (C=O) groups is 2. The van der Waals surface area contributed by atoms with E-state index in [1.165, 1.54) is 30.7 Å². The summed E-state index contributed by atoms with van der Waals surface area (Å²) in [5.74, 6) is -0.347. The standard InChI is InChI=1S/C20H28FN3O2/c1-2-23-11-3-4-18(23)14-22-19(25)15-9-12-24(13-10-15)20(26)16-5-7-17(21)8-6-16/h5-8,15,18H,2-4,9-14H2,1H3,(H,22,25)/t18-/m0/s1. The number of likely N-dealkylation sites (N-methyl/N-ethyl adjacent to an activating group) is 1. The van der Waals surface area contributed by atoms with Gasteiger partial charge in [-0.2, -0.15) is 0 Å². The molecule has 0 bridgehead atoms. The molecule has 0 unspecified atom stereocenters. The summed E-state index contributed by atoms with van der Waals surface area (Å²) in [5.41, 5.74) is 0.496. The monoisotopic (exact) mass is 361 g/mol. The summed E-state index contributed by atoms with van der Waals surface area (Å²) in [6.07, 6.45) is 3.72. The number of amides is 2. The molecule has 2 aliphatic rings. The average molecular weight is 361 g/mol. The molecule has 5 nitrogen and oxygen atoms in total. The molecule has 0 radical (unpaired) electrons. The van der Waals surface area contributed by atoms with Crippen LogP contribution in [-0.2, 0) is 4.79 Å². The van der Waals surface area contributed by atoms with Gasteiger partial charge in [-0.15, -0.1) is 0 Å². The van der Waals surface area contributed by atoms with Crippen molar-refractivity contribution in [2.24, 2.45) is 5.92 Å². The molecule has 0 saturated carbocycles. The molecule has 2 amide bonds. The average Bonchev–Trinajstić information content (AvgIpc) is 3.14. The molecule has 1 aromatic rings. The topological polar surface area (TPSA) is 52.7 Å². The van der Waals surface area contributed by atoms with Gasteiger partial charge in [0.05, 0.1) is 0 Å². The minimum atomic E-state index is -0.346. The number of halogens is 1. The first-order valence-electron chi connectivity index (χ1n) is 9.65. The highest BCUT2D eigenvalue weighted by Crippen LogP contribution is 2.20. The van der Waals surface area contributed by atoms with Crippen LogP contribution in [0.1, 0.15) is 43.0 Å². The molecule has 142 valence electrons. The van der Waals surface area contributed by atoms with Gasteiger partial charge in [-0.25, -0.2) is 4.39 Å². The maximum absolute atomic E-state index is 13.0. The van der Waals surface area contributed by atoms with Crippen molar-refractivity contribution in [3.8, 4) is 0 Å². The second-order valence-electron chi connectivity index (χ2n) is 7.24. The van der Waals surface area contributed by atoms with Gasteiger partial charge in [-0.05, 0) is 63.0 Å². The lowest BCUT2D eigenvalue weighted by molar-refractivity contribution is -0.126. The first kappa shape index (κ1) is 18.8. The molecule has 0 aliphatic carbocycles. The van der Waals surface area contributed by atoms with Crippen molar-refractivity contribution in [2.75, 3.05) is 32.7 Å². The van der Waals surface area contributed by atoms with Crippen LogP contribution in [0.5, 0.6) is 0 Å². The van der Waals surface area contributed by atoms with E-state index >= 15 is 0 Å². The second kappa shape index (κ2) is 8.62. The van der Waals surface area contributed by atoms with Gasteiger partial charge in [-0.3, -0.25) is 14.5 Å². The predicted molar refractivity (Wildman–Crippen MR) is 98.3 cm³/mol. The van der Waals surface area contributed by atoms with E-state index in [0.29, 0.717) is 37.5 Å². The normalized spacial score (nSPS) is 21.8. The smallest absolute Gasteiger partial charge is 0.253 e. The molecule has 2 saturated heterocycles. The Hall–Kier alpha value is -1.95. The number of benzene rings is 1. The zero-order chi connectivity index (χ0) is 18.5. The number of hydrogen-bond donors (Lipinski definition) is 1. The molecule has 0 aromatic heterocycles. The number of nitrogens with one attached hydrogen (secondary N) is 1. The van der Waals surface area contributed by atoms with Crippen molar-refractivity contribution in [1.82, 2.24) is 15.1 Å². The summed E-state index contributed by atoms with van der Waals surface area (Å²) in [5, 5.41) is 3.11. The lowest BCUT2D eigenvalue weighted by Gasteiger charge is -2.32. The van der Waals surface area contributed by atoms with Gasteiger partial charge in [0.2, 0.25) is 5.91 Å². The first-order chi connectivity index (χ1) is 12.6. The third-order valence-corrected chi connectivity index (χ3v) is 5.66. The summed E-state index contributed by atoms with van der Waals surface area (Å²) in [7, 11) is 0. The van der Waals surface area contributed by atoms with Crippen molar-refractivity contribution in [1.29, 1.82) is 0 Å². The maximum Gasteiger partial charge on any atom is 0.253 e. The van der Waals surface area contributed by atoms with Gasteiger partial charge in [0, 0.05) is 37.2 Å². The van der Waals surface area contributed by atoms with Crippen LogP contribution in [0, 0.1) is 11.7 Å². The zero-order valence-electron chi connectivity index (χ0n) is 15.4. The lowest BCUT2D eigenvalue weighted by Crippen LogP contribution is -2.46. The summed E-state index contributed by atoms with van der Waals surface area (Å²) in [6.45, 7) is 6.18. The van der Waals surface area contributed by atoms with Crippen molar-refractivity contribution >= 4 is 11.8 Å². The van der Waals surface area contributed by atoms with E-state index in [9.17, 15) is 14.0 Å². The SMILES string of the molecule is CCN1CCC[C@H]1CNC(=O)C1CCN(C(=O)c2ccc(F)cc2)CC1.